The van der Waals surface area contributed by atoms with E-state index < -0.39 is 0 Å². The Morgan fingerprint density at radius 1 is 1.56 bits per heavy atom. The molecule has 3 N–H and O–H groups in total. The van der Waals surface area contributed by atoms with Crippen molar-refractivity contribution in [3.63, 3.8) is 0 Å². The first-order chi connectivity index (χ1) is 8.49. The van der Waals surface area contributed by atoms with E-state index in [2.05, 4.69) is 15.9 Å². The number of carbonyl (C=O) groups excluding carboxylic acids is 1. The number of piperidine rings is 1. The Morgan fingerprint density at radius 3 is 2.89 bits per heavy atom. The number of nitrogens with two attached hydrogens (primary N) is 1. The van der Waals surface area contributed by atoms with Gasteiger partial charge in [0.2, 0.25) is 0 Å². The largest absolute Gasteiger partial charge is 0.507 e. The molecular weight excluding hydrogens is 296 g/mol. The van der Waals surface area contributed by atoms with Crippen LogP contribution in [0.3, 0.4) is 0 Å². The van der Waals surface area contributed by atoms with Gasteiger partial charge in [-0.2, -0.15) is 0 Å². The quantitative estimate of drug-likeness (QED) is 0.833. The Morgan fingerprint density at radius 2 is 2.28 bits per heavy atom. The Labute approximate surface area is 115 Å². The highest BCUT2D eigenvalue weighted by atomic mass is 79.9. The highest BCUT2D eigenvalue weighted by Gasteiger charge is 2.27. The average Bonchev–Trinajstić information content (AvgIpc) is 2.32. The summed E-state index contributed by atoms with van der Waals surface area (Å²) in [6.45, 7) is 3.35. The van der Waals surface area contributed by atoms with E-state index in [0.29, 0.717) is 24.6 Å². The lowest BCUT2D eigenvalue weighted by Gasteiger charge is -2.35. The van der Waals surface area contributed by atoms with Crippen molar-refractivity contribution in [3.05, 3.63) is 28.2 Å². The lowest BCUT2D eigenvalue weighted by atomic mass is 9.94. The lowest BCUT2D eigenvalue weighted by molar-refractivity contribution is 0.0661. The van der Waals surface area contributed by atoms with Gasteiger partial charge in [0.1, 0.15) is 5.75 Å². The van der Waals surface area contributed by atoms with Crippen molar-refractivity contribution in [1.82, 2.24) is 4.90 Å². The summed E-state index contributed by atoms with van der Waals surface area (Å²) < 4.78 is 0.755. The number of aromatic hydroxyl groups is 1. The van der Waals surface area contributed by atoms with Crippen molar-refractivity contribution in [1.29, 1.82) is 0 Å². The molecule has 1 aromatic rings. The van der Waals surface area contributed by atoms with Gasteiger partial charge in [-0.05, 0) is 30.5 Å². The van der Waals surface area contributed by atoms with Crippen molar-refractivity contribution in [2.45, 2.75) is 19.4 Å². The van der Waals surface area contributed by atoms with Crippen LogP contribution in [0.5, 0.6) is 5.75 Å². The van der Waals surface area contributed by atoms with Crippen LogP contribution in [0.1, 0.15) is 23.7 Å². The van der Waals surface area contributed by atoms with Gasteiger partial charge in [0.05, 0.1) is 5.56 Å². The van der Waals surface area contributed by atoms with Gasteiger partial charge in [-0.15, -0.1) is 0 Å². The van der Waals surface area contributed by atoms with Crippen molar-refractivity contribution in [3.8, 4) is 5.75 Å². The fourth-order valence-electron chi connectivity index (χ4n) is 2.20. The maximum atomic E-state index is 12.3. The average molecular weight is 313 g/mol. The van der Waals surface area contributed by atoms with Crippen LogP contribution in [-0.4, -0.2) is 35.0 Å². The van der Waals surface area contributed by atoms with Crippen LogP contribution in [0.4, 0.5) is 0 Å². The minimum atomic E-state index is -0.126. The van der Waals surface area contributed by atoms with E-state index in [1.807, 2.05) is 6.92 Å². The Balaban J connectivity index is 2.16. The predicted molar refractivity (Wildman–Crippen MR) is 73.5 cm³/mol. The number of phenolic OH excluding ortho intramolecular Hbond substituents is 1. The van der Waals surface area contributed by atoms with E-state index in [1.54, 1.807) is 17.0 Å². The molecule has 0 spiro atoms. The normalized spacial score (nSPS) is 24.1. The number of hydrogen-bond donors (Lipinski definition) is 2. The van der Waals surface area contributed by atoms with Gasteiger partial charge >= 0.3 is 0 Å². The first-order valence-corrected chi connectivity index (χ1v) is 6.81. The summed E-state index contributed by atoms with van der Waals surface area (Å²) in [7, 11) is 0. The molecular formula is C13H17BrN2O2. The van der Waals surface area contributed by atoms with E-state index in [9.17, 15) is 9.90 Å². The second-order valence-electron chi connectivity index (χ2n) is 4.84. The molecule has 4 nitrogen and oxygen atoms in total. The summed E-state index contributed by atoms with van der Waals surface area (Å²) in [5.74, 6) is 0.177. The van der Waals surface area contributed by atoms with Crippen molar-refractivity contribution < 1.29 is 9.90 Å². The van der Waals surface area contributed by atoms with Gasteiger partial charge in [0, 0.05) is 23.6 Å². The van der Waals surface area contributed by atoms with Crippen molar-refractivity contribution in [2.75, 3.05) is 13.1 Å². The molecule has 1 amide bonds. The maximum absolute atomic E-state index is 12.3. The van der Waals surface area contributed by atoms with Crippen LogP contribution in [0.25, 0.3) is 0 Å². The Bertz CT molecular complexity index is 464. The summed E-state index contributed by atoms with van der Waals surface area (Å²) in [5, 5.41) is 9.81. The van der Waals surface area contributed by atoms with Crippen LogP contribution in [0.2, 0.25) is 0 Å². The second kappa shape index (κ2) is 5.28. The monoisotopic (exact) mass is 312 g/mol. The molecule has 0 radical (unpaired) electrons. The number of carbonyl (C=O) groups is 1. The van der Waals surface area contributed by atoms with Gasteiger partial charge in [0.15, 0.2) is 0 Å². The number of nitrogens with zero attached hydrogens (tertiary/aromatic N) is 1. The Kier molecular flexibility index (Phi) is 3.92. The molecule has 1 aliphatic heterocycles. The summed E-state index contributed by atoms with van der Waals surface area (Å²) in [4.78, 5) is 14.1. The van der Waals surface area contributed by atoms with Crippen LogP contribution in [0.15, 0.2) is 22.7 Å². The minimum Gasteiger partial charge on any atom is -0.507 e. The number of rotatable bonds is 1. The number of phenols is 1. The van der Waals surface area contributed by atoms with E-state index in [-0.39, 0.29) is 17.7 Å². The highest BCUT2D eigenvalue weighted by Crippen LogP contribution is 2.25. The smallest absolute Gasteiger partial charge is 0.257 e. The third-order valence-corrected chi connectivity index (χ3v) is 3.94. The number of likely N-dealkylation sites (tertiary alicyclic amines) is 1. The molecule has 1 heterocycles. The fourth-order valence-corrected chi connectivity index (χ4v) is 2.55. The molecule has 0 saturated carbocycles. The van der Waals surface area contributed by atoms with E-state index in [4.69, 9.17) is 5.73 Å². The van der Waals surface area contributed by atoms with E-state index >= 15 is 0 Å². The van der Waals surface area contributed by atoms with E-state index in [0.717, 1.165) is 10.9 Å². The highest BCUT2D eigenvalue weighted by molar-refractivity contribution is 9.10. The van der Waals surface area contributed by atoms with E-state index in [1.165, 1.54) is 6.07 Å². The molecule has 1 aromatic carbocycles. The topological polar surface area (TPSA) is 66.6 Å². The molecule has 5 heteroatoms. The third-order valence-electron chi connectivity index (χ3n) is 3.45. The molecule has 1 saturated heterocycles. The zero-order valence-corrected chi connectivity index (χ0v) is 11.9. The number of benzene rings is 1. The molecule has 98 valence electrons. The first kappa shape index (κ1) is 13.4. The van der Waals surface area contributed by atoms with Crippen molar-refractivity contribution in [2.24, 2.45) is 11.7 Å². The fraction of sp³-hybridized carbons (Fsp3) is 0.462. The van der Waals surface area contributed by atoms with Crippen molar-refractivity contribution >= 4 is 21.8 Å². The third kappa shape index (κ3) is 2.67. The molecule has 0 aliphatic carbocycles. The first-order valence-electron chi connectivity index (χ1n) is 6.02. The van der Waals surface area contributed by atoms with Gasteiger partial charge in [-0.25, -0.2) is 0 Å². The molecule has 1 aliphatic rings. The summed E-state index contributed by atoms with van der Waals surface area (Å²) in [6.07, 6.45) is 0.810. The summed E-state index contributed by atoms with van der Waals surface area (Å²) in [5.41, 5.74) is 6.28. The molecule has 2 rings (SSSR count). The van der Waals surface area contributed by atoms with Crippen LogP contribution in [0, 0.1) is 5.92 Å². The van der Waals surface area contributed by atoms with Crippen LogP contribution >= 0.6 is 15.9 Å². The molecule has 2 unspecified atom stereocenters. The van der Waals surface area contributed by atoms with Crippen LogP contribution < -0.4 is 5.73 Å². The summed E-state index contributed by atoms with van der Waals surface area (Å²) >= 11 is 3.26. The number of hydrogen-bond acceptors (Lipinski definition) is 3. The molecule has 1 fully saturated rings. The minimum absolute atomic E-state index is 0.0110. The zero-order chi connectivity index (χ0) is 13.3. The summed E-state index contributed by atoms with van der Waals surface area (Å²) in [6, 6.07) is 5.09. The Hall–Kier alpha value is -1.07. The van der Waals surface area contributed by atoms with Gasteiger partial charge < -0.3 is 15.7 Å². The maximum Gasteiger partial charge on any atom is 0.257 e. The molecule has 0 bridgehead atoms. The number of amides is 1. The standard InChI is InChI=1S/C13H17BrN2O2/c1-8-7-16(5-4-11(8)15)13(18)10-3-2-9(14)6-12(10)17/h2-3,6,8,11,17H,4-5,7,15H2,1H3. The van der Waals surface area contributed by atoms with Crippen LogP contribution in [-0.2, 0) is 0 Å². The molecule has 18 heavy (non-hydrogen) atoms. The molecule has 2 atom stereocenters. The SMILES string of the molecule is CC1CN(C(=O)c2ccc(Br)cc2O)CCC1N. The number of halogens is 1. The lowest BCUT2D eigenvalue weighted by Crippen LogP contribution is -2.48. The van der Waals surface area contributed by atoms with Gasteiger partial charge in [0.25, 0.3) is 5.91 Å². The predicted octanol–water partition coefficient (Wildman–Crippen LogP) is 1.96. The van der Waals surface area contributed by atoms with Gasteiger partial charge in [-0.1, -0.05) is 22.9 Å². The van der Waals surface area contributed by atoms with Gasteiger partial charge in [-0.3, -0.25) is 4.79 Å². The molecule has 0 aromatic heterocycles. The second-order valence-corrected chi connectivity index (χ2v) is 5.76. The zero-order valence-electron chi connectivity index (χ0n) is 10.3.